The van der Waals surface area contributed by atoms with Gasteiger partial charge in [0, 0.05) is 30.2 Å². The highest BCUT2D eigenvalue weighted by molar-refractivity contribution is 5.49. The molecule has 0 spiro atoms. The Labute approximate surface area is 126 Å². The Morgan fingerprint density at radius 2 is 2.24 bits per heavy atom. The monoisotopic (exact) mass is 291 g/mol. The lowest BCUT2D eigenvalue weighted by Crippen LogP contribution is -2.33. The Hall–Kier alpha value is -1.26. The molecule has 1 aromatic carbocycles. The van der Waals surface area contributed by atoms with Crippen LogP contribution in [-0.4, -0.2) is 32.4 Å². The van der Waals surface area contributed by atoms with Crippen LogP contribution >= 0.6 is 0 Å². The zero-order valence-electron chi connectivity index (χ0n) is 13.1. The van der Waals surface area contributed by atoms with E-state index in [0.717, 1.165) is 42.9 Å². The van der Waals surface area contributed by atoms with Crippen LogP contribution in [0.5, 0.6) is 11.5 Å². The van der Waals surface area contributed by atoms with Crippen molar-refractivity contribution in [2.45, 2.75) is 51.4 Å². The first kappa shape index (κ1) is 14.7. The van der Waals surface area contributed by atoms with Crippen molar-refractivity contribution < 1.29 is 14.2 Å². The summed E-state index contributed by atoms with van der Waals surface area (Å²) in [6.07, 6.45) is 3.34. The maximum absolute atomic E-state index is 5.99. The third kappa shape index (κ3) is 3.01. The zero-order chi connectivity index (χ0) is 14.8. The van der Waals surface area contributed by atoms with Crippen molar-refractivity contribution in [2.24, 2.45) is 0 Å². The molecule has 3 rings (SSSR count). The average molecular weight is 291 g/mol. The van der Waals surface area contributed by atoms with Crippen molar-refractivity contribution in [3.8, 4) is 11.5 Å². The summed E-state index contributed by atoms with van der Waals surface area (Å²) >= 11 is 0. The van der Waals surface area contributed by atoms with Crippen LogP contribution in [-0.2, 0) is 11.2 Å². The normalized spacial score (nSPS) is 28.0. The molecule has 0 radical (unpaired) electrons. The summed E-state index contributed by atoms with van der Waals surface area (Å²) in [4.78, 5) is 0. The van der Waals surface area contributed by atoms with Crippen molar-refractivity contribution in [1.82, 2.24) is 5.32 Å². The third-order valence-corrected chi connectivity index (χ3v) is 4.37. The van der Waals surface area contributed by atoms with Gasteiger partial charge in [0.1, 0.15) is 17.6 Å². The molecule has 4 nitrogen and oxygen atoms in total. The SMILES string of the molecule is CCOc1cc2c(cc1C1CC(NC)CCO1)OC(C)C2. The minimum Gasteiger partial charge on any atom is -0.493 e. The molecular formula is C17H25NO3. The molecule has 3 atom stereocenters. The summed E-state index contributed by atoms with van der Waals surface area (Å²) in [7, 11) is 2.02. The Balaban J connectivity index is 1.91. The minimum atomic E-state index is 0.0857. The smallest absolute Gasteiger partial charge is 0.125 e. The highest BCUT2D eigenvalue weighted by Gasteiger charge is 2.29. The van der Waals surface area contributed by atoms with Crippen LogP contribution in [0, 0.1) is 0 Å². The predicted octanol–water partition coefficient (Wildman–Crippen LogP) is 2.85. The van der Waals surface area contributed by atoms with Crippen LogP contribution < -0.4 is 14.8 Å². The Morgan fingerprint density at radius 1 is 1.38 bits per heavy atom. The second-order valence-electron chi connectivity index (χ2n) is 5.93. The predicted molar refractivity (Wildman–Crippen MR) is 82.2 cm³/mol. The molecule has 1 N–H and O–H groups in total. The fourth-order valence-corrected chi connectivity index (χ4v) is 3.26. The number of nitrogens with one attached hydrogen (secondary N) is 1. The molecular weight excluding hydrogens is 266 g/mol. The van der Waals surface area contributed by atoms with E-state index in [-0.39, 0.29) is 12.2 Å². The van der Waals surface area contributed by atoms with Crippen molar-refractivity contribution in [3.63, 3.8) is 0 Å². The number of benzene rings is 1. The fraction of sp³-hybridized carbons (Fsp3) is 0.647. The van der Waals surface area contributed by atoms with E-state index in [1.54, 1.807) is 0 Å². The molecule has 1 aromatic rings. The maximum Gasteiger partial charge on any atom is 0.125 e. The van der Waals surface area contributed by atoms with E-state index in [0.29, 0.717) is 12.6 Å². The largest absolute Gasteiger partial charge is 0.493 e. The molecule has 0 aromatic heterocycles. The summed E-state index contributed by atoms with van der Waals surface area (Å²) in [5.74, 6) is 1.95. The van der Waals surface area contributed by atoms with Gasteiger partial charge >= 0.3 is 0 Å². The number of fused-ring (bicyclic) bond motifs is 1. The topological polar surface area (TPSA) is 39.7 Å². The highest BCUT2D eigenvalue weighted by Crippen LogP contribution is 2.41. The second kappa shape index (κ2) is 6.24. The summed E-state index contributed by atoms with van der Waals surface area (Å²) in [6, 6.07) is 4.78. The molecule has 2 aliphatic heterocycles. The van der Waals surface area contributed by atoms with Crippen molar-refractivity contribution in [2.75, 3.05) is 20.3 Å². The molecule has 2 aliphatic rings. The van der Waals surface area contributed by atoms with Crippen LogP contribution in [0.3, 0.4) is 0 Å². The van der Waals surface area contributed by atoms with E-state index in [2.05, 4.69) is 24.4 Å². The fourth-order valence-electron chi connectivity index (χ4n) is 3.26. The van der Waals surface area contributed by atoms with E-state index >= 15 is 0 Å². The Morgan fingerprint density at radius 3 is 3.00 bits per heavy atom. The highest BCUT2D eigenvalue weighted by atomic mass is 16.5. The first-order chi connectivity index (χ1) is 10.2. The Kier molecular flexibility index (Phi) is 4.36. The van der Waals surface area contributed by atoms with Gasteiger partial charge in [0.05, 0.1) is 12.7 Å². The quantitative estimate of drug-likeness (QED) is 0.926. The van der Waals surface area contributed by atoms with Gasteiger partial charge in [-0.2, -0.15) is 0 Å². The summed E-state index contributed by atoms with van der Waals surface area (Å²) in [6.45, 7) is 5.59. The van der Waals surface area contributed by atoms with E-state index < -0.39 is 0 Å². The molecule has 2 heterocycles. The lowest BCUT2D eigenvalue weighted by Gasteiger charge is -2.30. The molecule has 1 saturated heterocycles. The maximum atomic E-state index is 5.99. The number of ether oxygens (including phenoxy) is 3. The summed E-state index contributed by atoms with van der Waals surface area (Å²) in [5.41, 5.74) is 2.38. The van der Waals surface area contributed by atoms with E-state index in [4.69, 9.17) is 14.2 Å². The molecule has 0 aliphatic carbocycles. The van der Waals surface area contributed by atoms with Crippen LogP contribution in [0.1, 0.15) is 43.9 Å². The molecule has 1 fully saturated rings. The standard InChI is InChI=1S/C17H25NO3/c1-4-19-16-8-12-7-11(2)21-15(12)10-14(16)17-9-13(18-3)5-6-20-17/h8,10-11,13,17-18H,4-7,9H2,1-3H3. The van der Waals surface area contributed by atoms with Crippen LogP contribution in [0.15, 0.2) is 12.1 Å². The van der Waals surface area contributed by atoms with Crippen molar-refractivity contribution in [1.29, 1.82) is 0 Å². The number of hydrogen-bond donors (Lipinski definition) is 1. The van der Waals surface area contributed by atoms with Crippen LogP contribution in [0.25, 0.3) is 0 Å². The average Bonchev–Trinajstić information content (AvgIpc) is 2.86. The molecule has 21 heavy (non-hydrogen) atoms. The van der Waals surface area contributed by atoms with Gasteiger partial charge in [0.25, 0.3) is 0 Å². The van der Waals surface area contributed by atoms with Gasteiger partial charge in [0.15, 0.2) is 0 Å². The van der Waals surface area contributed by atoms with Gasteiger partial charge < -0.3 is 19.5 Å². The molecule has 0 amide bonds. The lowest BCUT2D eigenvalue weighted by atomic mass is 9.95. The first-order valence-electron chi connectivity index (χ1n) is 7.96. The second-order valence-corrected chi connectivity index (χ2v) is 5.93. The molecule has 4 heteroatoms. The van der Waals surface area contributed by atoms with E-state index in [9.17, 15) is 0 Å². The lowest BCUT2D eigenvalue weighted by molar-refractivity contribution is -0.0000330. The van der Waals surface area contributed by atoms with Gasteiger partial charge in [-0.15, -0.1) is 0 Å². The number of hydrogen-bond acceptors (Lipinski definition) is 4. The summed E-state index contributed by atoms with van der Waals surface area (Å²) in [5, 5.41) is 3.36. The molecule has 116 valence electrons. The van der Waals surface area contributed by atoms with E-state index in [1.807, 2.05) is 14.0 Å². The minimum absolute atomic E-state index is 0.0857. The van der Waals surface area contributed by atoms with Crippen LogP contribution in [0.4, 0.5) is 0 Å². The zero-order valence-corrected chi connectivity index (χ0v) is 13.1. The molecule has 0 bridgehead atoms. The van der Waals surface area contributed by atoms with Crippen molar-refractivity contribution >= 4 is 0 Å². The van der Waals surface area contributed by atoms with Crippen molar-refractivity contribution in [3.05, 3.63) is 23.3 Å². The Bertz CT molecular complexity index is 503. The molecule has 3 unspecified atom stereocenters. The van der Waals surface area contributed by atoms with Gasteiger partial charge in [-0.1, -0.05) is 0 Å². The third-order valence-electron chi connectivity index (χ3n) is 4.37. The first-order valence-corrected chi connectivity index (χ1v) is 7.96. The van der Waals surface area contributed by atoms with Gasteiger partial charge in [-0.25, -0.2) is 0 Å². The number of rotatable bonds is 4. The van der Waals surface area contributed by atoms with E-state index in [1.165, 1.54) is 5.56 Å². The molecule has 0 saturated carbocycles. The van der Waals surface area contributed by atoms with Gasteiger partial charge in [-0.05, 0) is 45.9 Å². The summed E-state index contributed by atoms with van der Waals surface area (Å²) < 4.78 is 17.8. The van der Waals surface area contributed by atoms with Crippen LogP contribution in [0.2, 0.25) is 0 Å². The van der Waals surface area contributed by atoms with Gasteiger partial charge in [-0.3, -0.25) is 0 Å². The van der Waals surface area contributed by atoms with Gasteiger partial charge in [0.2, 0.25) is 0 Å².